The topological polar surface area (TPSA) is 108 Å². The Morgan fingerprint density at radius 2 is 0.750 bits per heavy atom. The lowest BCUT2D eigenvalue weighted by Crippen LogP contribution is -2.40. The van der Waals surface area contributed by atoms with Gasteiger partial charge in [0.25, 0.3) is 6.29 Å². The van der Waals surface area contributed by atoms with Crippen LogP contribution >= 0.6 is 0 Å². The van der Waals surface area contributed by atoms with Crippen LogP contribution in [0.15, 0.2) is 60.8 Å². The number of aliphatic carboxylic acids is 1. The van der Waals surface area contributed by atoms with Gasteiger partial charge in [0.1, 0.15) is 13.2 Å². The first-order valence-corrected chi connectivity index (χ1v) is 32.0. The second-order valence-electron chi connectivity index (χ2n) is 22.7. The molecular weight excluding hydrogens is 947 g/mol. The fraction of sp³-hybridized carbons (Fsp3) is 0.806. The number of quaternary nitrogens is 1. The summed E-state index contributed by atoms with van der Waals surface area (Å²) in [5, 5.41) is 9.72. The molecule has 0 fully saturated rings. The second kappa shape index (κ2) is 58.1. The van der Waals surface area contributed by atoms with E-state index in [0.29, 0.717) is 23.9 Å². The zero-order valence-electron chi connectivity index (χ0n) is 50.4. The van der Waals surface area contributed by atoms with E-state index in [0.717, 1.165) is 77.0 Å². The number of likely N-dealkylation sites (N-methyl/N-ethyl adjacent to an activating group) is 1. The van der Waals surface area contributed by atoms with Gasteiger partial charge in [0.05, 0.1) is 34.4 Å². The standard InChI is InChI=1S/C67H121NO8/c1-6-8-10-12-14-16-18-20-22-24-26-28-30-32-34-35-37-39-41-43-45-47-49-51-53-55-57-64(69)74-61-63(62-75-67(66(71)72)73-60-59-68(3,4)5)76-65(70)58-56-54-52-50-48-46-44-42-40-38-36-33-31-29-27-25-23-21-19-17-15-13-11-9-7-2/h9,11,15,17,21,23,27,29,33,36,63,67H,6-8,10,12-14,16,18-20,22,24-26,28,30-32,34-35,37-62H2,1-5H3/p+1/b11-9-,17-15-,23-21-,29-27-,36-33-. The van der Waals surface area contributed by atoms with Crippen molar-refractivity contribution in [3.8, 4) is 0 Å². The third-order valence-corrected chi connectivity index (χ3v) is 14.0. The molecule has 0 spiro atoms. The van der Waals surface area contributed by atoms with E-state index in [4.69, 9.17) is 18.9 Å². The number of carbonyl (C=O) groups excluding carboxylic acids is 2. The minimum Gasteiger partial charge on any atom is -0.477 e. The molecule has 2 atom stereocenters. The highest BCUT2D eigenvalue weighted by molar-refractivity contribution is 5.71. The highest BCUT2D eigenvalue weighted by Gasteiger charge is 2.25. The predicted octanol–water partition coefficient (Wildman–Crippen LogP) is 19.2. The molecule has 0 amide bonds. The summed E-state index contributed by atoms with van der Waals surface area (Å²) in [5.74, 6) is -2.00. The summed E-state index contributed by atoms with van der Waals surface area (Å²) >= 11 is 0. The molecule has 9 nitrogen and oxygen atoms in total. The first-order valence-electron chi connectivity index (χ1n) is 32.0. The predicted molar refractivity (Wildman–Crippen MR) is 323 cm³/mol. The Labute approximate surface area is 469 Å². The Hall–Kier alpha value is -3.01. The van der Waals surface area contributed by atoms with Crippen molar-refractivity contribution in [1.29, 1.82) is 0 Å². The van der Waals surface area contributed by atoms with Crippen molar-refractivity contribution in [2.45, 2.75) is 302 Å². The molecule has 0 heterocycles. The largest absolute Gasteiger partial charge is 0.477 e. The van der Waals surface area contributed by atoms with Crippen LogP contribution in [-0.2, 0) is 33.3 Å². The number of nitrogens with zero attached hydrogens (tertiary/aromatic N) is 1. The monoisotopic (exact) mass is 1070 g/mol. The third-order valence-electron chi connectivity index (χ3n) is 14.0. The highest BCUT2D eigenvalue weighted by Crippen LogP contribution is 2.18. The molecule has 0 radical (unpaired) electrons. The minimum atomic E-state index is -1.51. The molecule has 1 N–H and O–H groups in total. The Kier molecular flexibility index (Phi) is 55.8. The van der Waals surface area contributed by atoms with E-state index in [9.17, 15) is 19.5 Å². The molecule has 0 saturated heterocycles. The van der Waals surface area contributed by atoms with Crippen molar-refractivity contribution in [2.24, 2.45) is 0 Å². The SMILES string of the molecule is CC/C=C\C/C=C\C/C=C\C/C=C\C/C=C\CCCCCCCCCCCC(=O)OC(COC(=O)CCCCCCCCCCCCCCCCCCCCCCCCCCCC)COC(OCC[N+](C)(C)C)C(=O)O. The molecule has 0 aliphatic carbocycles. The average Bonchev–Trinajstić information content (AvgIpc) is 3.39. The lowest BCUT2D eigenvalue weighted by Gasteiger charge is -2.25. The van der Waals surface area contributed by atoms with Gasteiger partial charge in [-0.15, -0.1) is 0 Å². The van der Waals surface area contributed by atoms with Crippen LogP contribution in [0.3, 0.4) is 0 Å². The van der Waals surface area contributed by atoms with Crippen LogP contribution in [-0.4, -0.2) is 87.4 Å². The lowest BCUT2D eigenvalue weighted by molar-refractivity contribution is -0.870. The summed E-state index contributed by atoms with van der Waals surface area (Å²) < 4.78 is 22.9. The van der Waals surface area contributed by atoms with Gasteiger partial charge < -0.3 is 28.5 Å². The first-order chi connectivity index (χ1) is 37.1. The van der Waals surface area contributed by atoms with Crippen molar-refractivity contribution in [1.82, 2.24) is 0 Å². The molecule has 0 rings (SSSR count). The Bertz CT molecular complexity index is 1430. The third kappa shape index (κ3) is 58.7. The molecule has 0 aliphatic heterocycles. The maximum Gasteiger partial charge on any atom is 0.361 e. The Morgan fingerprint density at radius 1 is 0.408 bits per heavy atom. The lowest BCUT2D eigenvalue weighted by atomic mass is 10.0. The van der Waals surface area contributed by atoms with Gasteiger partial charge in [0.15, 0.2) is 6.10 Å². The fourth-order valence-electron chi connectivity index (χ4n) is 9.16. The number of hydrogen-bond donors (Lipinski definition) is 1. The number of carboxylic acids is 1. The number of esters is 2. The van der Waals surface area contributed by atoms with E-state index in [1.165, 1.54) is 180 Å². The molecule has 442 valence electrons. The Balaban J connectivity index is 4.17. The van der Waals surface area contributed by atoms with Crippen LogP contribution in [0.1, 0.15) is 290 Å². The summed E-state index contributed by atoms with van der Waals surface area (Å²) in [7, 11) is 5.97. The van der Waals surface area contributed by atoms with Gasteiger partial charge in [-0.2, -0.15) is 0 Å². The Morgan fingerprint density at radius 3 is 1.12 bits per heavy atom. The van der Waals surface area contributed by atoms with E-state index in [2.05, 4.69) is 74.6 Å². The number of carboxylic acid groups (broad SMARTS) is 1. The van der Waals surface area contributed by atoms with Crippen LogP contribution in [0.4, 0.5) is 0 Å². The molecular formula is C67H122NO8+. The molecule has 0 bridgehead atoms. The molecule has 0 aromatic carbocycles. The van der Waals surface area contributed by atoms with Crippen molar-refractivity contribution >= 4 is 17.9 Å². The van der Waals surface area contributed by atoms with E-state index in [1.54, 1.807) is 0 Å². The molecule has 0 aliphatic rings. The molecule has 76 heavy (non-hydrogen) atoms. The summed E-state index contributed by atoms with van der Waals surface area (Å²) in [6, 6.07) is 0. The molecule has 0 saturated carbocycles. The maximum absolute atomic E-state index is 12.9. The van der Waals surface area contributed by atoms with Crippen LogP contribution in [0.5, 0.6) is 0 Å². The van der Waals surface area contributed by atoms with Crippen LogP contribution in [0.25, 0.3) is 0 Å². The molecule has 9 heteroatoms. The van der Waals surface area contributed by atoms with E-state index < -0.39 is 24.3 Å². The normalized spacial score (nSPS) is 13.1. The first kappa shape index (κ1) is 73.0. The van der Waals surface area contributed by atoms with Crippen LogP contribution < -0.4 is 0 Å². The highest BCUT2D eigenvalue weighted by atomic mass is 16.7. The summed E-state index contributed by atoms with van der Waals surface area (Å²) in [6.07, 6.45) is 71.7. The average molecular weight is 1070 g/mol. The van der Waals surface area contributed by atoms with Crippen molar-refractivity contribution in [3.63, 3.8) is 0 Å². The minimum absolute atomic E-state index is 0.183. The number of rotatable bonds is 59. The second-order valence-corrected chi connectivity index (χ2v) is 22.7. The molecule has 2 unspecified atom stereocenters. The van der Waals surface area contributed by atoms with Gasteiger partial charge in [-0.25, -0.2) is 4.79 Å². The zero-order chi connectivity index (χ0) is 55.5. The number of allylic oxidation sites excluding steroid dienone is 10. The van der Waals surface area contributed by atoms with Crippen molar-refractivity contribution in [2.75, 3.05) is 47.5 Å². The zero-order valence-corrected chi connectivity index (χ0v) is 50.4. The van der Waals surface area contributed by atoms with Gasteiger partial charge in [0.2, 0.25) is 0 Å². The quantitative estimate of drug-likeness (QED) is 0.0211. The number of unbranched alkanes of at least 4 members (excludes halogenated alkanes) is 34. The van der Waals surface area contributed by atoms with Gasteiger partial charge in [0, 0.05) is 12.8 Å². The van der Waals surface area contributed by atoms with Gasteiger partial charge in [-0.3, -0.25) is 9.59 Å². The van der Waals surface area contributed by atoms with Crippen LogP contribution in [0.2, 0.25) is 0 Å². The van der Waals surface area contributed by atoms with Crippen molar-refractivity contribution in [3.05, 3.63) is 60.8 Å². The smallest absolute Gasteiger partial charge is 0.361 e. The van der Waals surface area contributed by atoms with Crippen molar-refractivity contribution < 1.29 is 42.9 Å². The number of ether oxygens (including phenoxy) is 4. The van der Waals surface area contributed by atoms with E-state index in [1.807, 2.05) is 21.1 Å². The number of hydrogen-bond acceptors (Lipinski definition) is 7. The van der Waals surface area contributed by atoms with E-state index in [-0.39, 0.29) is 32.2 Å². The summed E-state index contributed by atoms with van der Waals surface area (Å²) in [6.45, 7) is 4.80. The fourth-order valence-corrected chi connectivity index (χ4v) is 9.16. The van der Waals surface area contributed by atoms with Gasteiger partial charge in [-0.05, 0) is 57.8 Å². The molecule has 0 aromatic heterocycles. The molecule has 0 aromatic rings. The van der Waals surface area contributed by atoms with Crippen LogP contribution in [0, 0.1) is 0 Å². The number of carbonyl (C=O) groups is 3. The van der Waals surface area contributed by atoms with Gasteiger partial charge >= 0.3 is 17.9 Å². The van der Waals surface area contributed by atoms with E-state index >= 15 is 0 Å². The summed E-state index contributed by atoms with van der Waals surface area (Å²) in [4.78, 5) is 37.5. The maximum atomic E-state index is 12.9. The van der Waals surface area contributed by atoms with Gasteiger partial charge in [-0.1, -0.05) is 280 Å². The summed E-state index contributed by atoms with van der Waals surface area (Å²) in [5.41, 5.74) is 0.